The van der Waals surface area contributed by atoms with E-state index in [0.29, 0.717) is 38.9 Å². The van der Waals surface area contributed by atoms with Gasteiger partial charge in [0.15, 0.2) is 0 Å². The molecule has 29 heavy (non-hydrogen) atoms. The molecule has 148 valence electrons. The Morgan fingerprint density at radius 1 is 1.07 bits per heavy atom. The molecule has 1 aromatic heterocycles. The van der Waals surface area contributed by atoms with Gasteiger partial charge in [0.25, 0.3) is 0 Å². The van der Waals surface area contributed by atoms with Crippen molar-refractivity contribution in [2.24, 2.45) is 7.05 Å². The zero-order chi connectivity index (χ0) is 20.5. The standard InChI is InChI=1S/C23H19Cl2FN2O/c1-28-13-19(18-9-8-17(25)11-20(18)26)21(23(29)15-3-2-10-27-12-15)22(28)14-4-6-16(24)7-5-14/h2-9,11-13,23,27,29H,10H2,1H3. The van der Waals surface area contributed by atoms with Crippen molar-refractivity contribution in [1.82, 2.24) is 9.88 Å². The molecular weight excluding hydrogens is 410 g/mol. The molecule has 0 aliphatic carbocycles. The third-order valence-electron chi connectivity index (χ3n) is 4.96. The molecule has 2 heterocycles. The van der Waals surface area contributed by atoms with Gasteiger partial charge in [0.2, 0.25) is 0 Å². The Bertz CT molecular complexity index is 1120. The minimum Gasteiger partial charge on any atom is -0.387 e. The van der Waals surface area contributed by atoms with Crippen LogP contribution in [0.1, 0.15) is 11.7 Å². The van der Waals surface area contributed by atoms with Gasteiger partial charge in [-0.05, 0) is 35.9 Å². The highest BCUT2D eigenvalue weighted by Gasteiger charge is 2.26. The predicted molar refractivity (Wildman–Crippen MR) is 116 cm³/mol. The van der Waals surface area contributed by atoms with Gasteiger partial charge in [-0.15, -0.1) is 0 Å². The monoisotopic (exact) mass is 428 g/mol. The number of aliphatic hydroxyl groups excluding tert-OH is 1. The molecule has 1 atom stereocenters. The topological polar surface area (TPSA) is 37.2 Å². The van der Waals surface area contributed by atoms with E-state index in [-0.39, 0.29) is 0 Å². The molecule has 0 bridgehead atoms. The van der Waals surface area contributed by atoms with Gasteiger partial charge in [-0.2, -0.15) is 0 Å². The van der Waals surface area contributed by atoms with E-state index in [2.05, 4.69) is 5.32 Å². The van der Waals surface area contributed by atoms with Gasteiger partial charge in [-0.25, -0.2) is 4.39 Å². The summed E-state index contributed by atoms with van der Waals surface area (Å²) in [7, 11) is 1.88. The van der Waals surface area contributed by atoms with Crippen molar-refractivity contribution < 1.29 is 9.50 Å². The van der Waals surface area contributed by atoms with Crippen molar-refractivity contribution in [2.45, 2.75) is 6.10 Å². The molecular formula is C23H19Cl2FN2O. The SMILES string of the molecule is Cn1cc(-c2ccc(Cl)cc2F)c(C(O)C2=CNCC=C2)c1-c1ccc(Cl)cc1. The lowest BCUT2D eigenvalue weighted by Crippen LogP contribution is -2.13. The van der Waals surface area contributed by atoms with Gasteiger partial charge in [-0.3, -0.25) is 0 Å². The summed E-state index contributed by atoms with van der Waals surface area (Å²) in [5.41, 5.74) is 3.98. The molecule has 2 N–H and O–H groups in total. The van der Waals surface area contributed by atoms with Crippen LogP contribution in [0.3, 0.4) is 0 Å². The molecule has 1 aliphatic rings. The average Bonchev–Trinajstić information content (AvgIpc) is 3.05. The molecule has 1 aliphatic heterocycles. The number of dihydropyridines is 1. The molecule has 3 nitrogen and oxygen atoms in total. The molecule has 0 amide bonds. The van der Waals surface area contributed by atoms with E-state index in [1.54, 1.807) is 30.5 Å². The smallest absolute Gasteiger partial charge is 0.132 e. The molecule has 6 heteroatoms. The molecule has 0 spiro atoms. The predicted octanol–water partition coefficient (Wildman–Crippen LogP) is 5.88. The van der Waals surface area contributed by atoms with Crippen molar-refractivity contribution in [2.75, 3.05) is 6.54 Å². The third kappa shape index (κ3) is 3.84. The number of hydrogen-bond acceptors (Lipinski definition) is 2. The van der Waals surface area contributed by atoms with Crippen LogP contribution in [0.15, 0.2) is 72.6 Å². The van der Waals surface area contributed by atoms with Gasteiger partial charge in [0.05, 0.1) is 5.69 Å². The van der Waals surface area contributed by atoms with E-state index in [0.717, 1.165) is 11.3 Å². The number of hydrogen-bond donors (Lipinski definition) is 2. The number of nitrogens with one attached hydrogen (secondary N) is 1. The minimum atomic E-state index is -0.948. The maximum Gasteiger partial charge on any atom is 0.132 e. The van der Waals surface area contributed by atoms with E-state index in [1.165, 1.54) is 6.07 Å². The van der Waals surface area contributed by atoms with Crippen LogP contribution in [0.4, 0.5) is 4.39 Å². The number of aryl methyl sites for hydroxylation is 1. The summed E-state index contributed by atoms with van der Waals surface area (Å²) in [4.78, 5) is 0. The second-order valence-corrected chi connectivity index (χ2v) is 7.78. The van der Waals surface area contributed by atoms with Gasteiger partial charge in [0, 0.05) is 58.3 Å². The summed E-state index contributed by atoms with van der Waals surface area (Å²) in [5, 5.41) is 15.4. The van der Waals surface area contributed by atoms with Crippen LogP contribution in [0.25, 0.3) is 22.4 Å². The normalized spacial score (nSPS) is 14.4. The first-order valence-electron chi connectivity index (χ1n) is 9.14. The summed E-state index contributed by atoms with van der Waals surface area (Å²) >= 11 is 12.0. The highest BCUT2D eigenvalue weighted by Crippen LogP contribution is 2.42. The summed E-state index contributed by atoms with van der Waals surface area (Å²) < 4.78 is 16.7. The number of benzene rings is 2. The van der Waals surface area contributed by atoms with E-state index < -0.39 is 11.9 Å². The van der Waals surface area contributed by atoms with Crippen molar-refractivity contribution in [1.29, 1.82) is 0 Å². The zero-order valence-electron chi connectivity index (χ0n) is 15.7. The van der Waals surface area contributed by atoms with Crippen LogP contribution in [-0.2, 0) is 7.05 Å². The lowest BCUT2D eigenvalue weighted by atomic mass is 9.91. The summed E-state index contributed by atoms with van der Waals surface area (Å²) in [6.45, 7) is 0.702. The van der Waals surface area contributed by atoms with Gasteiger partial charge < -0.3 is 15.0 Å². The second kappa shape index (κ2) is 8.07. The van der Waals surface area contributed by atoms with E-state index in [1.807, 2.05) is 42.1 Å². The highest BCUT2D eigenvalue weighted by atomic mass is 35.5. The van der Waals surface area contributed by atoms with Crippen LogP contribution in [0.2, 0.25) is 10.0 Å². The van der Waals surface area contributed by atoms with Gasteiger partial charge in [-0.1, -0.05) is 47.5 Å². The van der Waals surface area contributed by atoms with Gasteiger partial charge in [0.1, 0.15) is 11.9 Å². The molecule has 0 saturated heterocycles. The quantitative estimate of drug-likeness (QED) is 0.544. The molecule has 3 aromatic rings. The fourth-order valence-electron chi connectivity index (χ4n) is 3.64. The lowest BCUT2D eigenvalue weighted by molar-refractivity contribution is 0.219. The second-order valence-electron chi connectivity index (χ2n) is 6.90. The van der Waals surface area contributed by atoms with Crippen LogP contribution in [0.5, 0.6) is 0 Å². The minimum absolute atomic E-state index is 0.323. The first-order chi connectivity index (χ1) is 14.0. The van der Waals surface area contributed by atoms with Gasteiger partial charge >= 0.3 is 0 Å². The number of halogens is 3. The number of rotatable bonds is 4. The largest absolute Gasteiger partial charge is 0.387 e. The summed E-state index contributed by atoms with van der Waals surface area (Å²) in [6.07, 6.45) is 6.48. The van der Waals surface area contributed by atoms with Crippen molar-refractivity contribution in [3.8, 4) is 22.4 Å². The fraction of sp³-hybridized carbons (Fsp3) is 0.130. The first-order valence-corrected chi connectivity index (χ1v) is 9.90. The molecule has 1 unspecified atom stereocenters. The van der Waals surface area contributed by atoms with Crippen molar-refractivity contribution >= 4 is 23.2 Å². The Labute approximate surface area is 178 Å². The third-order valence-corrected chi connectivity index (χ3v) is 5.45. The van der Waals surface area contributed by atoms with Crippen molar-refractivity contribution in [3.05, 3.63) is 94.0 Å². The Hall–Kier alpha value is -2.53. The maximum atomic E-state index is 14.8. The Kier molecular flexibility index (Phi) is 5.50. The Balaban J connectivity index is 1.96. The molecule has 4 rings (SSSR count). The zero-order valence-corrected chi connectivity index (χ0v) is 17.2. The Morgan fingerprint density at radius 3 is 2.45 bits per heavy atom. The van der Waals surface area contributed by atoms with E-state index in [9.17, 15) is 9.50 Å². The van der Waals surface area contributed by atoms with Crippen molar-refractivity contribution in [3.63, 3.8) is 0 Å². The van der Waals surface area contributed by atoms with E-state index >= 15 is 0 Å². The molecule has 0 fully saturated rings. The lowest BCUT2D eigenvalue weighted by Gasteiger charge is -2.19. The van der Waals surface area contributed by atoms with Crippen LogP contribution >= 0.6 is 23.2 Å². The number of nitrogens with zero attached hydrogens (tertiary/aromatic N) is 1. The average molecular weight is 429 g/mol. The van der Waals surface area contributed by atoms with Crippen LogP contribution < -0.4 is 5.32 Å². The van der Waals surface area contributed by atoms with Crippen LogP contribution in [-0.4, -0.2) is 16.2 Å². The molecule has 2 aromatic carbocycles. The Morgan fingerprint density at radius 2 is 1.79 bits per heavy atom. The maximum absolute atomic E-state index is 14.8. The van der Waals surface area contributed by atoms with E-state index in [4.69, 9.17) is 23.2 Å². The highest BCUT2D eigenvalue weighted by molar-refractivity contribution is 6.31. The number of aromatic nitrogens is 1. The molecule has 0 radical (unpaired) electrons. The summed E-state index contributed by atoms with van der Waals surface area (Å²) in [6, 6.07) is 11.9. The fourth-order valence-corrected chi connectivity index (χ4v) is 3.92. The number of aliphatic hydroxyl groups is 1. The van der Waals surface area contributed by atoms with Crippen LogP contribution in [0, 0.1) is 5.82 Å². The summed E-state index contributed by atoms with van der Waals surface area (Å²) in [5.74, 6) is -0.439. The first kappa shape index (κ1) is 19.8. The molecule has 0 saturated carbocycles.